The van der Waals surface area contributed by atoms with Gasteiger partial charge in [0, 0.05) is 17.0 Å². The first-order chi connectivity index (χ1) is 9.90. The number of rotatable bonds is 6. The van der Waals surface area contributed by atoms with Crippen LogP contribution in [0.2, 0.25) is 0 Å². The molecular weight excluding hydrogens is 356 g/mol. The molecule has 0 radical (unpaired) electrons. The quantitative estimate of drug-likeness (QED) is 0.802. The van der Waals surface area contributed by atoms with E-state index < -0.39 is 5.97 Å². The lowest BCUT2D eigenvalue weighted by molar-refractivity contribution is -0.139. The van der Waals surface area contributed by atoms with Gasteiger partial charge in [-0.25, -0.2) is 0 Å². The molecule has 0 aliphatic heterocycles. The van der Waals surface area contributed by atoms with Gasteiger partial charge >= 0.3 is 5.97 Å². The van der Waals surface area contributed by atoms with E-state index >= 15 is 0 Å². The van der Waals surface area contributed by atoms with Crippen LogP contribution in [0.4, 0.5) is 0 Å². The normalized spacial score (nSPS) is 21.1. The van der Waals surface area contributed by atoms with Gasteiger partial charge in [-0.05, 0) is 48.3 Å². The molecule has 0 saturated heterocycles. The van der Waals surface area contributed by atoms with E-state index in [0.29, 0.717) is 12.1 Å². The monoisotopic (exact) mass is 374 g/mol. The van der Waals surface area contributed by atoms with Crippen molar-refractivity contribution < 1.29 is 14.7 Å². The Labute approximate surface area is 136 Å². The van der Waals surface area contributed by atoms with Gasteiger partial charge in [0.25, 0.3) is 5.91 Å². The third-order valence-corrected chi connectivity index (χ3v) is 5.52. The molecule has 0 spiro atoms. The van der Waals surface area contributed by atoms with E-state index in [-0.39, 0.29) is 24.5 Å². The molecule has 1 heterocycles. The zero-order chi connectivity index (χ0) is 15.6. The average molecular weight is 375 g/mol. The highest BCUT2D eigenvalue weighted by atomic mass is 79.9. The molecule has 2 N–H and O–H groups in total. The van der Waals surface area contributed by atoms with Gasteiger partial charge in [0.2, 0.25) is 0 Å². The summed E-state index contributed by atoms with van der Waals surface area (Å²) in [6.07, 6.45) is 1.63. The van der Waals surface area contributed by atoms with Crippen LogP contribution in [-0.4, -0.2) is 47.1 Å². The molecule has 1 aliphatic rings. The minimum Gasteiger partial charge on any atom is -0.480 e. The summed E-state index contributed by atoms with van der Waals surface area (Å²) < 4.78 is 0.856. The first-order valence-corrected chi connectivity index (χ1v) is 8.54. The van der Waals surface area contributed by atoms with Crippen molar-refractivity contribution in [3.63, 3.8) is 0 Å². The van der Waals surface area contributed by atoms with Crippen LogP contribution in [0.15, 0.2) is 9.85 Å². The van der Waals surface area contributed by atoms with E-state index in [1.54, 1.807) is 11.3 Å². The maximum Gasteiger partial charge on any atom is 0.317 e. The van der Waals surface area contributed by atoms with Crippen LogP contribution in [0.5, 0.6) is 0 Å². The van der Waals surface area contributed by atoms with Crippen molar-refractivity contribution >= 4 is 39.1 Å². The van der Waals surface area contributed by atoms with Crippen molar-refractivity contribution in [3.05, 3.63) is 20.3 Å². The number of nitrogens with zero attached hydrogens (tertiary/aromatic N) is 1. The number of aliphatic carboxylic acids is 1. The van der Waals surface area contributed by atoms with E-state index in [2.05, 4.69) is 21.2 Å². The highest BCUT2D eigenvalue weighted by molar-refractivity contribution is 9.11. The van der Waals surface area contributed by atoms with Gasteiger partial charge < -0.3 is 10.4 Å². The van der Waals surface area contributed by atoms with Gasteiger partial charge in [-0.15, -0.1) is 11.3 Å². The number of halogens is 1. The third-order valence-electron chi connectivity index (χ3n) is 3.76. The zero-order valence-corrected chi connectivity index (χ0v) is 14.5. The Hall–Kier alpha value is -0.920. The van der Waals surface area contributed by atoms with Crippen LogP contribution in [0.3, 0.4) is 0 Å². The SMILES string of the molecule is CCN(CC(=O)O)C1CC(NC(=O)c2cc(C)sc2Br)C1. The maximum absolute atomic E-state index is 12.2. The van der Waals surface area contributed by atoms with Gasteiger partial charge in [0.05, 0.1) is 15.9 Å². The number of hydrogen-bond acceptors (Lipinski definition) is 4. The second kappa shape index (κ2) is 6.89. The molecule has 1 fully saturated rings. The molecule has 1 aromatic heterocycles. The highest BCUT2D eigenvalue weighted by Crippen LogP contribution is 2.29. The number of nitrogens with one attached hydrogen (secondary N) is 1. The maximum atomic E-state index is 12.2. The molecule has 1 aliphatic carbocycles. The highest BCUT2D eigenvalue weighted by Gasteiger charge is 2.35. The molecule has 21 heavy (non-hydrogen) atoms. The lowest BCUT2D eigenvalue weighted by Gasteiger charge is -2.42. The van der Waals surface area contributed by atoms with E-state index in [0.717, 1.165) is 21.5 Å². The fourth-order valence-corrected chi connectivity index (χ4v) is 4.36. The van der Waals surface area contributed by atoms with Gasteiger partial charge in [0.1, 0.15) is 0 Å². The van der Waals surface area contributed by atoms with E-state index in [9.17, 15) is 9.59 Å². The Morgan fingerprint density at radius 1 is 1.52 bits per heavy atom. The first kappa shape index (κ1) is 16.5. The number of aryl methyl sites for hydroxylation is 1. The third kappa shape index (κ3) is 4.05. The summed E-state index contributed by atoms with van der Waals surface area (Å²) >= 11 is 4.95. The minimum absolute atomic E-state index is 0.0593. The van der Waals surface area contributed by atoms with Gasteiger partial charge in [0.15, 0.2) is 0 Å². The summed E-state index contributed by atoms with van der Waals surface area (Å²) in [6.45, 7) is 4.71. The summed E-state index contributed by atoms with van der Waals surface area (Å²) in [5, 5.41) is 11.9. The van der Waals surface area contributed by atoms with Crippen LogP contribution in [-0.2, 0) is 4.79 Å². The number of amides is 1. The Kier molecular flexibility index (Phi) is 5.40. The molecule has 2 rings (SSSR count). The number of carboxylic acid groups (broad SMARTS) is 1. The molecule has 0 atom stereocenters. The summed E-state index contributed by atoms with van der Waals surface area (Å²) in [7, 11) is 0. The van der Waals surface area contributed by atoms with Crippen LogP contribution >= 0.6 is 27.3 Å². The van der Waals surface area contributed by atoms with Gasteiger partial charge in [-0.1, -0.05) is 6.92 Å². The Balaban J connectivity index is 1.83. The lowest BCUT2D eigenvalue weighted by atomic mass is 9.85. The summed E-state index contributed by atoms with van der Waals surface area (Å²) in [4.78, 5) is 26.0. The van der Waals surface area contributed by atoms with Crippen molar-refractivity contribution in [2.75, 3.05) is 13.1 Å². The molecule has 7 heteroatoms. The zero-order valence-electron chi connectivity index (χ0n) is 12.1. The number of carboxylic acids is 1. The standard InChI is InChI=1S/C14H19BrN2O3S/c1-3-17(7-12(18)19)10-5-9(6-10)16-14(20)11-4-8(2)21-13(11)15/h4,9-10H,3,5-7H2,1-2H3,(H,16,20)(H,18,19). The molecule has 1 saturated carbocycles. The van der Waals surface area contributed by atoms with Crippen LogP contribution < -0.4 is 5.32 Å². The fourth-order valence-electron chi connectivity index (χ4n) is 2.58. The lowest BCUT2D eigenvalue weighted by Crippen LogP contribution is -2.54. The predicted molar refractivity (Wildman–Crippen MR) is 85.9 cm³/mol. The van der Waals surface area contributed by atoms with Gasteiger partial charge in [-0.3, -0.25) is 14.5 Å². The number of thiophene rings is 1. The van der Waals surface area contributed by atoms with Crippen LogP contribution in [0.1, 0.15) is 35.0 Å². The smallest absolute Gasteiger partial charge is 0.317 e. The Morgan fingerprint density at radius 2 is 2.19 bits per heavy atom. The van der Waals surface area contributed by atoms with Crippen molar-refractivity contribution in [2.45, 2.75) is 38.8 Å². The molecule has 5 nitrogen and oxygen atoms in total. The van der Waals surface area contributed by atoms with Crippen molar-refractivity contribution in [1.82, 2.24) is 10.2 Å². The topological polar surface area (TPSA) is 69.6 Å². The number of likely N-dealkylation sites (N-methyl/N-ethyl adjacent to an activating group) is 1. The molecule has 1 amide bonds. The van der Waals surface area contributed by atoms with Crippen molar-refractivity contribution in [1.29, 1.82) is 0 Å². The fraction of sp³-hybridized carbons (Fsp3) is 0.571. The van der Waals surface area contributed by atoms with Crippen LogP contribution in [0.25, 0.3) is 0 Å². The number of carbonyl (C=O) groups is 2. The summed E-state index contributed by atoms with van der Waals surface area (Å²) in [5.41, 5.74) is 0.679. The second-order valence-corrected chi connectivity index (χ2v) is 7.87. The molecule has 1 aromatic rings. The number of hydrogen-bond donors (Lipinski definition) is 2. The molecule has 0 unspecified atom stereocenters. The average Bonchev–Trinajstić information content (AvgIpc) is 2.69. The first-order valence-electron chi connectivity index (χ1n) is 6.93. The largest absolute Gasteiger partial charge is 0.480 e. The van der Waals surface area contributed by atoms with Crippen LogP contribution in [0, 0.1) is 6.92 Å². The minimum atomic E-state index is -0.804. The molecule has 0 bridgehead atoms. The van der Waals surface area contributed by atoms with E-state index in [4.69, 9.17) is 5.11 Å². The summed E-state index contributed by atoms with van der Waals surface area (Å²) in [5.74, 6) is -0.863. The molecular formula is C14H19BrN2O3S. The van der Waals surface area contributed by atoms with Crippen molar-refractivity contribution in [3.8, 4) is 0 Å². The van der Waals surface area contributed by atoms with Crippen molar-refractivity contribution in [2.24, 2.45) is 0 Å². The number of carbonyl (C=O) groups excluding carboxylic acids is 1. The molecule has 0 aromatic carbocycles. The predicted octanol–water partition coefficient (Wildman–Crippen LogP) is 2.49. The van der Waals surface area contributed by atoms with E-state index in [1.165, 1.54) is 0 Å². The second-order valence-electron chi connectivity index (χ2n) is 5.30. The summed E-state index contributed by atoms with van der Waals surface area (Å²) in [6, 6.07) is 2.27. The Bertz CT molecular complexity index is 540. The Morgan fingerprint density at radius 3 is 2.67 bits per heavy atom. The van der Waals surface area contributed by atoms with Gasteiger partial charge in [-0.2, -0.15) is 0 Å². The van der Waals surface area contributed by atoms with E-state index in [1.807, 2.05) is 24.8 Å². The molecule has 116 valence electrons.